The molecule has 0 heterocycles. The molecule has 19 heavy (non-hydrogen) atoms. The number of hydrogen-bond donors (Lipinski definition) is 0. The van der Waals surface area contributed by atoms with Crippen LogP contribution in [0.5, 0.6) is 5.75 Å². The lowest BCUT2D eigenvalue weighted by atomic mass is 9.82. The van der Waals surface area contributed by atoms with Crippen molar-refractivity contribution < 1.29 is 14.3 Å². The summed E-state index contributed by atoms with van der Waals surface area (Å²) in [7, 11) is 1.63. The van der Waals surface area contributed by atoms with Gasteiger partial charge in [-0.15, -0.1) is 0 Å². The highest BCUT2D eigenvalue weighted by Crippen LogP contribution is 2.29. The van der Waals surface area contributed by atoms with Gasteiger partial charge in [0.15, 0.2) is 5.78 Å². The molecule has 3 heteroatoms. The van der Waals surface area contributed by atoms with Crippen LogP contribution in [0.2, 0.25) is 0 Å². The number of methoxy groups -OCH3 is 1. The number of benzene rings is 1. The number of ketones is 2. The molecule has 1 aromatic rings. The van der Waals surface area contributed by atoms with Crippen molar-refractivity contribution in [3.05, 3.63) is 28.8 Å². The van der Waals surface area contributed by atoms with E-state index in [0.29, 0.717) is 25.7 Å². The van der Waals surface area contributed by atoms with E-state index in [1.54, 1.807) is 7.11 Å². The highest BCUT2D eigenvalue weighted by Gasteiger charge is 2.26. The molecule has 1 aromatic carbocycles. The number of carbonyl (C=O) groups is 2. The molecule has 0 bridgehead atoms. The second-order valence-electron chi connectivity index (χ2n) is 5.31. The van der Waals surface area contributed by atoms with Crippen LogP contribution in [0.25, 0.3) is 0 Å². The van der Waals surface area contributed by atoms with Crippen LogP contribution in [0.4, 0.5) is 0 Å². The third-order valence-corrected chi connectivity index (χ3v) is 3.92. The Balaban J connectivity index is 2.24. The molecule has 0 radical (unpaired) electrons. The van der Waals surface area contributed by atoms with Gasteiger partial charge in [-0.25, -0.2) is 0 Å². The maximum absolute atomic E-state index is 12.5. The number of ether oxygens (including phenoxy) is 1. The Labute approximate surface area is 114 Å². The molecule has 1 aliphatic rings. The predicted molar refractivity (Wildman–Crippen MR) is 73.8 cm³/mol. The summed E-state index contributed by atoms with van der Waals surface area (Å²) < 4.78 is 5.26. The first kappa shape index (κ1) is 13.8. The Morgan fingerprint density at radius 1 is 1.16 bits per heavy atom. The number of aryl methyl sites for hydroxylation is 2. The Kier molecular flexibility index (Phi) is 4.03. The number of hydrogen-bond acceptors (Lipinski definition) is 3. The van der Waals surface area contributed by atoms with Crippen molar-refractivity contribution in [3.63, 3.8) is 0 Å². The fourth-order valence-electron chi connectivity index (χ4n) is 2.70. The van der Waals surface area contributed by atoms with Gasteiger partial charge in [-0.05, 0) is 49.9 Å². The molecule has 1 fully saturated rings. The van der Waals surface area contributed by atoms with E-state index >= 15 is 0 Å². The fourth-order valence-corrected chi connectivity index (χ4v) is 2.70. The lowest BCUT2D eigenvalue weighted by molar-refractivity contribution is -0.120. The third-order valence-electron chi connectivity index (χ3n) is 3.92. The molecular formula is C16H20O3. The molecule has 0 unspecified atom stereocenters. The van der Waals surface area contributed by atoms with E-state index in [-0.39, 0.29) is 17.5 Å². The van der Waals surface area contributed by atoms with E-state index in [4.69, 9.17) is 4.74 Å². The molecule has 3 nitrogen and oxygen atoms in total. The zero-order valence-electron chi connectivity index (χ0n) is 11.8. The van der Waals surface area contributed by atoms with E-state index in [1.165, 1.54) is 0 Å². The molecule has 0 aromatic heterocycles. The zero-order valence-corrected chi connectivity index (χ0v) is 11.8. The Morgan fingerprint density at radius 3 is 2.37 bits per heavy atom. The summed E-state index contributed by atoms with van der Waals surface area (Å²) in [5, 5.41) is 0. The van der Waals surface area contributed by atoms with Crippen LogP contribution in [0.15, 0.2) is 12.1 Å². The van der Waals surface area contributed by atoms with Crippen LogP contribution in [-0.2, 0) is 4.79 Å². The monoisotopic (exact) mass is 260 g/mol. The van der Waals surface area contributed by atoms with Gasteiger partial charge in [0.2, 0.25) is 0 Å². The first-order valence-electron chi connectivity index (χ1n) is 6.74. The van der Waals surface area contributed by atoms with Crippen molar-refractivity contribution in [2.45, 2.75) is 39.5 Å². The second kappa shape index (κ2) is 5.55. The molecule has 0 saturated heterocycles. The van der Waals surface area contributed by atoms with Gasteiger partial charge < -0.3 is 4.74 Å². The van der Waals surface area contributed by atoms with Crippen LogP contribution in [0, 0.1) is 19.8 Å². The Hall–Kier alpha value is -1.64. The smallest absolute Gasteiger partial charge is 0.166 e. The molecule has 1 aliphatic carbocycles. The molecule has 1 saturated carbocycles. The summed E-state index contributed by atoms with van der Waals surface area (Å²) in [6.07, 6.45) is 2.49. The number of Topliss-reactive ketones (excluding diaryl/α,β-unsaturated/α-hetero) is 2. The van der Waals surface area contributed by atoms with Crippen LogP contribution in [-0.4, -0.2) is 18.7 Å². The van der Waals surface area contributed by atoms with Crippen LogP contribution < -0.4 is 4.74 Å². The maximum atomic E-state index is 12.5. The summed E-state index contributed by atoms with van der Waals surface area (Å²) in [5.74, 6) is 1.28. The molecule has 102 valence electrons. The lowest BCUT2D eigenvalue weighted by Gasteiger charge is -2.21. The van der Waals surface area contributed by atoms with Crippen molar-refractivity contribution in [2.75, 3.05) is 7.11 Å². The van der Waals surface area contributed by atoms with Crippen molar-refractivity contribution >= 4 is 11.6 Å². The Morgan fingerprint density at radius 2 is 1.79 bits per heavy atom. The summed E-state index contributed by atoms with van der Waals surface area (Å²) >= 11 is 0. The second-order valence-corrected chi connectivity index (χ2v) is 5.31. The van der Waals surface area contributed by atoms with Gasteiger partial charge in [-0.1, -0.05) is 0 Å². The highest BCUT2D eigenvalue weighted by molar-refractivity contribution is 6.00. The normalized spacial score (nSPS) is 16.5. The standard InChI is InChI=1S/C16H20O3/c1-10-9-15(19-3)11(2)8-14(10)16(18)12-4-6-13(17)7-5-12/h8-9,12H,4-7H2,1-3H3. The SMILES string of the molecule is COc1cc(C)c(C(=O)C2CCC(=O)CC2)cc1C. The minimum absolute atomic E-state index is 0.00388. The first-order valence-corrected chi connectivity index (χ1v) is 6.74. The summed E-state index contributed by atoms with van der Waals surface area (Å²) in [4.78, 5) is 23.8. The topological polar surface area (TPSA) is 43.4 Å². The molecular weight excluding hydrogens is 240 g/mol. The average Bonchev–Trinajstić information content (AvgIpc) is 2.41. The largest absolute Gasteiger partial charge is 0.496 e. The molecule has 0 amide bonds. The van der Waals surface area contributed by atoms with Gasteiger partial charge in [0.25, 0.3) is 0 Å². The van der Waals surface area contributed by atoms with Crippen molar-refractivity contribution in [2.24, 2.45) is 5.92 Å². The molecule has 0 spiro atoms. The average molecular weight is 260 g/mol. The van der Waals surface area contributed by atoms with Crippen molar-refractivity contribution in [1.82, 2.24) is 0 Å². The van der Waals surface area contributed by atoms with E-state index < -0.39 is 0 Å². The van der Waals surface area contributed by atoms with E-state index in [2.05, 4.69) is 0 Å². The number of carbonyl (C=O) groups excluding carboxylic acids is 2. The van der Waals surface area contributed by atoms with Gasteiger partial charge in [0.1, 0.15) is 11.5 Å². The zero-order chi connectivity index (χ0) is 14.0. The number of rotatable bonds is 3. The van der Waals surface area contributed by atoms with E-state index in [0.717, 1.165) is 22.4 Å². The minimum atomic E-state index is 0.00388. The van der Waals surface area contributed by atoms with Gasteiger partial charge in [0.05, 0.1) is 7.11 Å². The summed E-state index contributed by atoms with van der Waals surface area (Å²) in [6.45, 7) is 3.88. The predicted octanol–water partition coefficient (Wildman–Crippen LogP) is 3.25. The van der Waals surface area contributed by atoms with E-state index in [9.17, 15) is 9.59 Å². The quantitative estimate of drug-likeness (QED) is 0.783. The van der Waals surface area contributed by atoms with Gasteiger partial charge in [-0.3, -0.25) is 9.59 Å². The Bertz CT molecular complexity index is 507. The molecule has 0 aliphatic heterocycles. The van der Waals surface area contributed by atoms with Crippen molar-refractivity contribution in [3.8, 4) is 5.75 Å². The van der Waals surface area contributed by atoms with Crippen LogP contribution in [0.1, 0.15) is 47.2 Å². The minimum Gasteiger partial charge on any atom is -0.496 e. The summed E-state index contributed by atoms with van der Waals surface area (Å²) in [6, 6.07) is 3.82. The molecule has 0 atom stereocenters. The maximum Gasteiger partial charge on any atom is 0.166 e. The van der Waals surface area contributed by atoms with Gasteiger partial charge in [0, 0.05) is 24.3 Å². The lowest BCUT2D eigenvalue weighted by Crippen LogP contribution is -2.22. The van der Waals surface area contributed by atoms with Crippen LogP contribution in [0.3, 0.4) is 0 Å². The molecule has 0 N–H and O–H groups in total. The summed E-state index contributed by atoms with van der Waals surface area (Å²) in [5.41, 5.74) is 2.70. The molecule has 2 rings (SSSR count). The van der Waals surface area contributed by atoms with E-state index in [1.807, 2.05) is 26.0 Å². The first-order chi connectivity index (χ1) is 9.02. The highest BCUT2D eigenvalue weighted by atomic mass is 16.5. The van der Waals surface area contributed by atoms with Crippen molar-refractivity contribution in [1.29, 1.82) is 0 Å². The van der Waals surface area contributed by atoms with Gasteiger partial charge in [-0.2, -0.15) is 0 Å². The third kappa shape index (κ3) is 2.86. The van der Waals surface area contributed by atoms with Gasteiger partial charge >= 0.3 is 0 Å². The van der Waals surface area contributed by atoms with Crippen LogP contribution >= 0.6 is 0 Å². The fraction of sp³-hybridized carbons (Fsp3) is 0.500.